The first kappa shape index (κ1) is 16.4. The van der Waals surface area contributed by atoms with Gasteiger partial charge in [0.15, 0.2) is 0 Å². The minimum Gasteiger partial charge on any atom is -0.379 e. The Balaban J connectivity index is 1.58. The van der Waals surface area contributed by atoms with Crippen LogP contribution >= 0.6 is 0 Å². The lowest BCUT2D eigenvalue weighted by Crippen LogP contribution is -2.38. The molecule has 3 N–H and O–H groups in total. The Hall–Kier alpha value is -1.43. The number of benzene rings is 1. The van der Waals surface area contributed by atoms with Gasteiger partial charge in [0.2, 0.25) is 5.91 Å². The van der Waals surface area contributed by atoms with Gasteiger partial charge in [-0.3, -0.25) is 9.69 Å². The SMILES string of the molecule is N[C@H]1CCC[C@@H]1C(=O)NCc1ccccc1CN1CCOCC1. The van der Waals surface area contributed by atoms with Crippen LogP contribution in [0.5, 0.6) is 0 Å². The van der Waals surface area contributed by atoms with Crippen molar-refractivity contribution in [2.45, 2.75) is 38.4 Å². The van der Waals surface area contributed by atoms with Crippen LogP contribution in [0.4, 0.5) is 0 Å². The Labute approximate surface area is 138 Å². The normalized spacial score (nSPS) is 25.4. The van der Waals surface area contributed by atoms with Gasteiger partial charge in [0.1, 0.15) is 0 Å². The van der Waals surface area contributed by atoms with Crippen molar-refractivity contribution in [1.82, 2.24) is 10.2 Å². The summed E-state index contributed by atoms with van der Waals surface area (Å²) in [5.74, 6) is 0.0950. The van der Waals surface area contributed by atoms with Crippen LogP contribution in [0.15, 0.2) is 24.3 Å². The Morgan fingerprint density at radius 1 is 1.22 bits per heavy atom. The first-order valence-corrected chi connectivity index (χ1v) is 8.64. The highest BCUT2D eigenvalue weighted by atomic mass is 16.5. The number of nitrogens with one attached hydrogen (secondary N) is 1. The maximum Gasteiger partial charge on any atom is 0.224 e. The van der Waals surface area contributed by atoms with Crippen molar-refractivity contribution in [2.75, 3.05) is 26.3 Å². The number of morpholine rings is 1. The lowest BCUT2D eigenvalue weighted by molar-refractivity contribution is -0.125. The molecule has 1 aromatic carbocycles. The van der Waals surface area contributed by atoms with Gasteiger partial charge < -0.3 is 15.8 Å². The topological polar surface area (TPSA) is 67.6 Å². The van der Waals surface area contributed by atoms with E-state index in [9.17, 15) is 4.79 Å². The van der Waals surface area contributed by atoms with Crippen LogP contribution in [0, 0.1) is 5.92 Å². The predicted octanol–water partition coefficient (Wildman–Crippen LogP) is 1.26. The van der Waals surface area contributed by atoms with E-state index in [2.05, 4.69) is 28.4 Å². The van der Waals surface area contributed by atoms with Crippen LogP contribution in [-0.2, 0) is 22.6 Å². The molecule has 5 nitrogen and oxygen atoms in total. The van der Waals surface area contributed by atoms with Gasteiger partial charge in [-0.2, -0.15) is 0 Å². The van der Waals surface area contributed by atoms with Crippen LogP contribution in [0.1, 0.15) is 30.4 Å². The number of ether oxygens (including phenoxy) is 1. The molecule has 1 saturated carbocycles. The molecule has 126 valence electrons. The van der Waals surface area contributed by atoms with Crippen molar-refractivity contribution in [1.29, 1.82) is 0 Å². The second kappa shape index (κ2) is 7.90. The first-order valence-electron chi connectivity index (χ1n) is 8.64. The number of nitrogens with zero attached hydrogens (tertiary/aromatic N) is 1. The van der Waals surface area contributed by atoms with Crippen LogP contribution in [0.3, 0.4) is 0 Å². The molecule has 0 radical (unpaired) electrons. The number of carbonyl (C=O) groups excluding carboxylic acids is 1. The third-order valence-electron chi connectivity index (χ3n) is 4.98. The molecule has 1 aliphatic carbocycles. The zero-order chi connectivity index (χ0) is 16.1. The molecule has 1 saturated heterocycles. The largest absolute Gasteiger partial charge is 0.379 e. The molecular weight excluding hydrogens is 290 g/mol. The molecule has 23 heavy (non-hydrogen) atoms. The highest BCUT2D eigenvalue weighted by Gasteiger charge is 2.30. The molecule has 0 unspecified atom stereocenters. The number of hydrogen-bond acceptors (Lipinski definition) is 4. The second-order valence-electron chi connectivity index (χ2n) is 6.58. The third kappa shape index (κ3) is 4.31. The number of nitrogens with two attached hydrogens (primary N) is 1. The van der Waals surface area contributed by atoms with E-state index >= 15 is 0 Å². The quantitative estimate of drug-likeness (QED) is 0.858. The van der Waals surface area contributed by atoms with Crippen LogP contribution < -0.4 is 11.1 Å². The highest BCUT2D eigenvalue weighted by Crippen LogP contribution is 2.24. The van der Waals surface area contributed by atoms with Crippen LogP contribution in [0.25, 0.3) is 0 Å². The predicted molar refractivity (Wildman–Crippen MR) is 89.7 cm³/mol. The molecular formula is C18H27N3O2. The Kier molecular flexibility index (Phi) is 5.65. The van der Waals surface area contributed by atoms with Crippen molar-refractivity contribution in [3.8, 4) is 0 Å². The van der Waals surface area contributed by atoms with Gasteiger partial charge in [-0.1, -0.05) is 30.7 Å². The van der Waals surface area contributed by atoms with E-state index < -0.39 is 0 Å². The summed E-state index contributed by atoms with van der Waals surface area (Å²) >= 11 is 0. The third-order valence-corrected chi connectivity index (χ3v) is 4.98. The monoisotopic (exact) mass is 317 g/mol. The summed E-state index contributed by atoms with van der Waals surface area (Å²) in [5.41, 5.74) is 8.50. The van der Waals surface area contributed by atoms with Crippen LogP contribution in [0.2, 0.25) is 0 Å². The minimum atomic E-state index is -0.0126. The van der Waals surface area contributed by atoms with Gasteiger partial charge in [0.05, 0.1) is 19.1 Å². The highest BCUT2D eigenvalue weighted by molar-refractivity contribution is 5.79. The Morgan fingerprint density at radius 3 is 2.65 bits per heavy atom. The van der Waals surface area contributed by atoms with Crippen molar-refractivity contribution in [3.05, 3.63) is 35.4 Å². The second-order valence-corrected chi connectivity index (χ2v) is 6.58. The Bertz CT molecular complexity index is 529. The van der Waals surface area contributed by atoms with Crippen molar-refractivity contribution < 1.29 is 9.53 Å². The summed E-state index contributed by atoms with van der Waals surface area (Å²) in [7, 11) is 0. The summed E-state index contributed by atoms with van der Waals surface area (Å²) in [5, 5.41) is 3.09. The zero-order valence-corrected chi connectivity index (χ0v) is 13.7. The summed E-state index contributed by atoms with van der Waals surface area (Å²) in [6, 6.07) is 8.38. The molecule has 1 heterocycles. The van der Waals surface area contributed by atoms with Gasteiger partial charge in [0, 0.05) is 32.2 Å². The van der Waals surface area contributed by atoms with Gasteiger partial charge in [-0.05, 0) is 24.0 Å². The van der Waals surface area contributed by atoms with E-state index in [1.54, 1.807) is 0 Å². The van der Waals surface area contributed by atoms with E-state index in [-0.39, 0.29) is 17.9 Å². The molecule has 1 amide bonds. The van der Waals surface area contributed by atoms with Crippen LogP contribution in [-0.4, -0.2) is 43.2 Å². The maximum absolute atomic E-state index is 12.3. The molecule has 1 aromatic rings. The van der Waals surface area contributed by atoms with Gasteiger partial charge in [0.25, 0.3) is 0 Å². The fourth-order valence-corrected chi connectivity index (χ4v) is 3.51. The average molecular weight is 317 g/mol. The lowest BCUT2D eigenvalue weighted by atomic mass is 10.0. The van der Waals surface area contributed by atoms with Crippen molar-refractivity contribution in [2.24, 2.45) is 11.7 Å². The number of carbonyl (C=O) groups is 1. The summed E-state index contributed by atoms with van der Waals surface area (Å²) in [6.45, 7) is 5.05. The van der Waals surface area contributed by atoms with Gasteiger partial charge in [-0.15, -0.1) is 0 Å². The minimum absolute atomic E-state index is 0.0126. The Morgan fingerprint density at radius 2 is 1.96 bits per heavy atom. The van der Waals surface area contributed by atoms with E-state index in [1.165, 1.54) is 11.1 Å². The number of amides is 1. The van der Waals surface area contributed by atoms with Crippen molar-refractivity contribution in [3.63, 3.8) is 0 Å². The molecule has 0 spiro atoms. The smallest absolute Gasteiger partial charge is 0.224 e. The maximum atomic E-state index is 12.3. The molecule has 3 rings (SSSR count). The van der Waals surface area contributed by atoms with E-state index in [0.29, 0.717) is 6.54 Å². The number of hydrogen-bond donors (Lipinski definition) is 2. The summed E-state index contributed by atoms with van der Waals surface area (Å²) in [6.07, 6.45) is 2.95. The van der Waals surface area contributed by atoms with E-state index in [1.807, 2.05) is 6.07 Å². The zero-order valence-electron chi connectivity index (χ0n) is 13.7. The van der Waals surface area contributed by atoms with E-state index in [0.717, 1.165) is 52.1 Å². The standard InChI is InChI=1S/C18H27N3O2/c19-17-7-3-6-16(17)18(22)20-12-14-4-1-2-5-15(14)13-21-8-10-23-11-9-21/h1-2,4-5,16-17H,3,6-13,19H2,(H,20,22)/t16-,17-/m0/s1. The molecule has 2 atom stereocenters. The lowest BCUT2D eigenvalue weighted by Gasteiger charge is -2.27. The molecule has 1 aliphatic heterocycles. The molecule has 0 bridgehead atoms. The first-order chi connectivity index (χ1) is 11.2. The molecule has 2 fully saturated rings. The average Bonchev–Trinajstić information content (AvgIpc) is 3.01. The fraction of sp³-hybridized carbons (Fsp3) is 0.611. The number of rotatable bonds is 5. The molecule has 0 aromatic heterocycles. The summed E-state index contributed by atoms with van der Waals surface area (Å²) in [4.78, 5) is 14.7. The van der Waals surface area contributed by atoms with Crippen molar-refractivity contribution >= 4 is 5.91 Å². The summed E-state index contributed by atoms with van der Waals surface area (Å²) < 4.78 is 5.40. The van der Waals surface area contributed by atoms with Gasteiger partial charge in [-0.25, -0.2) is 0 Å². The van der Waals surface area contributed by atoms with E-state index in [4.69, 9.17) is 10.5 Å². The van der Waals surface area contributed by atoms with Gasteiger partial charge >= 0.3 is 0 Å². The molecule has 2 aliphatic rings. The molecule has 5 heteroatoms. The fourth-order valence-electron chi connectivity index (χ4n) is 3.51.